The Morgan fingerprint density at radius 2 is 1.97 bits per heavy atom. The van der Waals surface area contributed by atoms with Crippen molar-refractivity contribution in [1.82, 2.24) is 10.3 Å². The van der Waals surface area contributed by atoms with Gasteiger partial charge < -0.3 is 19.7 Å². The first-order valence-electron chi connectivity index (χ1n) is 10.1. The van der Waals surface area contributed by atoms with Gasteiger partial charge in [-0.25, -0.2) is 0 Å². The third kappa shape index (κ3) is 3.75. The van der Waals surface area contributed by atoms with E-state index in [2.05, 4.69) is 58.5 Å². The number of ether oxygens (including phenoxy) is 2. The largest absolute Gasteiger partial charge is 0.467 e. The van der Waals surface area contributed by atoms with Gasteiger partial charge in [0, 0.05) is 69.8 Å². The number of fused-ring (bicyclic) bond motifs is 2. The van der Waals surface area contributed by atoms with Crippen molar-refractivity contribution in [3.63, 3.8) is 0 Å². The first kappa shape index (κ1) is 18.6. The Morgan fingerprint density at radius 3 is 2.83 bits per heavy atom. The molecule has 29 heavy (non-hydrogen) atoms. The highest BCUT2D eigenvalue weighted by molar-refractivity contribution is 7.20. The molecule has 1 N–H and O–H groups in total. The van der Waals surface area contributed by atoms with Crippen LogP contribution in [0.3, 0.4) is 0 Å². The predicted molar refractivity (Wildman–Crippen MR) is 120 cm³/mol. The lowest BCUT2D eigenvalue weighted by Crippen LogP contribution is -2.43. The van der Waals surface area contributed by atoms with Gasteiger partial charge in [-0.3, -0.25) is 4.98 Å². The number of nitrogens with zero attached hydrogens (tertiary/aromatic N) is 2. The van der Waals surface area contributed by atoms with Crippen LogP contribution < -0.4 is 15.0 Å². The Balaban J connectivity index is 1.52. The molecule has 0 saturated carbocycles. The molecule has 3 aromatic rings. The van der Waals surface area contributed by atoms with E-state index in [1.165, 1.54) is 26.2 Å². The number of thiophene rings is 1. The second kappa shape index (κ2) is 7.78. The summed E-state index contributed by atoms with van der Waals surface area (Å²) in [7, 11) is 0. The molecular weight excluding hydrogens is 382 g/mol. The Hall–Kier alpha value is -2.41. The van der Waals surface area contributed by atoms with Crippen LogP contribution in [0.2, 0.25) is 0 Å². The molecule has 1 saturated heterocycles. The monoisotopic (exact) mass is 407 g/mol. The summed E-state index contributed by atoms with van der Waals surface area (Å²) in [6.07, 6.45) is 2.20. The van der Waals surface area contributed by atoms with Crippen LogP contribution >= 0.6 is 11.3 Å². The molecule has 4 heterocycles. The van der Waals surface area contributed by atoms with E-state index < -0.39 is 0 Å². The van der Waals surface area contributed by atoms with Gasteiger partial charge in [0.1, 0.15) is 5.75 Å². The molecule has 0 amide bonds. The fourth-order valence-electron chi connectivity index (χ4n) is 4.02. The molecule has 0 aliphatic carbocycles. The molecular formula is C23H25N3O2S. The minimum Gasteiger partial charge on any atom is -0.467 e. The molecule has 150 valence electrons. The molecule has 0 bridgehead atoms. The van der Waals surface area contributed by atoms with E-state index in [-0.39, 0.29) is 6.79 Å². The minimum absolute atomic E-state index is 0.264. The Morgan fingerprint density at radius 1 is 1.10 bits per heavy atom. The molecule has 0 radical (unpaired) electrons. The van der Waals surface area contributed by atoms with Crippen molar-refractivity contribution in [3.8, 4) is 5.75 Å². The number of hydrogen-bond acceptors (Lipinski definition) is 6. The maximum atomic E-state index is 5.92. The predicted octanol–water partition coefficient (Wildman–Crippen LogP) is 4.23. The van der Waals surface area contributed by atoms with E-state index in [4.69, 9.17) is 9.47 Å². The SMILES string of the molecule is Cc1cc2sc(C3=Cc4ccc(N5CCNCC5)cc4OCOC3)cc2c(C)n1. The first-order valence-corrected chi connectivity index (χ1v) is 10.9. The van der Waals surface area contributed by atoms with Crippen molar-refractivity contribution >= 4 is 38.8 Å². The molecule has 0 spiro atoms. The number of aromatic nitrogens is 1. The minimum atomic E-state index is 0.264. The van der Waals surface area contributed by atoms with Gasteiger partial charge in [-0.2, -0.15) is 0 Å². The number of pyridine rings is 1. The third-order valence-electron chi connectivity index (χ3n) is 5.52. The van der Waals surface area contributed by atoms with Crippen LogP contribution in [0.25, 0.3) is 21.7 Å². The second-order valence-electron chi connectivity index (χ2n) is 7.61. The lowest BCUT2D eigenvalue weighted by atomic mass is 10.1. The van der Waals surface area contributed by atoms with Crippen LogP contribution in [0, 0.1) is 13.8 Å². The Kier molecular flexibility index (Phi) is 4.99. The number of aryl methyl sites for hydroxylation is 2. The van der Waals surface area contributed by atoms with E-state index in [0.29, 0.717) is 6.61 Å². The zero-order chi connectivity index (χ0) is 19.8. The molecule has 5 rings (SSSR count). The highest BCUT2D eigenvalue weighted by Gasteiger charge is 2.16. The average Bonchev–Trinajstić information content (AvgIpc) is 3.13. The van der Waals surface area contributed by atoms with Crippen LogP contribution in [-0.2, 0) is 4.74 Å². The summed E-state index contributed by atoms with van der Waals surface area (Å²) in [6.45, 7) is 9.01. The molecule has 6 heteroatoms. The van der Waals surface area contributed by atoms with E-state index in [1.54, 1.807) is 11.3 Å². The molecule has 2 aliphatic rings. The highest BCUT2D eigenvalue weighted by Crippen LogP contribution is 2.36. The molecule has 1 aromatic carbocycles. The normalized spacial score (nSPS) is 17.3. The van der Waals surface area contributed by atoms with Crippen molar-refractivity contribution in [2.75, 3.05) is 44.5 Å². The summed E-state index contributed by atoms with van der Waals surface area (Å²) in [5, 5.41) is 4.63. The van der Waals surface area contributed by atoms with E-state index >= 15 is 0 Å². The van der Waals surface area contributed by atoms with Gasteiger partial charge in [0.05, 0.1) is 6.61 Å². The second-order valence-corrected chi connectivity index (χ2v) is 8.69. The standard InChI is InChI=1S/C23H25N3O2S/c1-15-9-23-20(16(2)25-15)12-22(29-23)18-10-17-3-4-19(26-7-5-24-6-8-26)11-21(17)28-14-27-13-18/h3-4,9-12,24H,5-8,13-14H2,1-2H3. The topological polar surface area (TPSA) is 46.6 Å². The van der Waals surface area contributed by atoms with Gasteiger partial charge >= 0.3 is 0 Å². The number of piperazine rings is 1. The van der Waals surface area contributed by atoms with Crippen molar-refractivity contribution < 1.29 is 9.47 Å². The first-order chi connectivity index (χ1) is 14.2. The Labute approximate surface area is 175 Å². The fourth-order valence-corrected chi connectivity index (χ4v) is 5.22. The molecule has 0 unspecified atom stereocenters. The van der Waals surface area contributed by atoms with Crippen molar-refractivity contribution in [3.05, 3.63) is 52.2 Å². The lowest BCUT2D eigenvalue weighted by Gasteiger charge is -2.30. The van der Waals surface area contributed by atoms with Crippen LogP contribution in [-0.4, -0.2) is 44.6 Å². The lowest BCUT2D eigenvalue weighted by molar-refractivity contribution is 0.0326. The van der Waals surface area contributed by atoms with Crippen LogP contribution in [0.5, 0.6) is 5.75 Å². The number of anilines is 1. The van der Waals surface area contributed by atoms with Crippen molar-refractivity contribution in [1.29, 1.82) is 0 Å². The summed E-state index contributed by atoms with van der Waals surface area (Å²) in [4.78, 5) is 8.24. The van der Waals surface area contributed by atoms with Gasteiger partial charge in [-0.15, -0.1) is 11.3 Å². The van der Waals surface area contributed by atoms with Gasteiger partial charge in [0.2, 0.25) is 0 Å². The maximum absolute atomic E-state index is 5.92. The number of rotatable bonds is 2. The number of nitrogens with one attached hydrogen (secondary N) is 1. The van der Waals surface area contributed by atoms with Gasteiger partial charge in [-0.05, 0) is 49.8 Å². The van der Waals surface area contributed by atoms with E-state index in [9.17, 15) is 0 Å². The maximum Gasteiger partial charge on any atom is 0.189 e. The van der Waals surface area contributed by atoms with E-state index in [1.807, 2.05) is 6.92 Å². The van der Waals surface area contributed by atoms with Crippen LogP contribution in [0.15, 0.2) is 30.3 Å². The van der Waals surface area contributed by atoms with Crippen molar-refractivity contribution in [2.24, 2.45) is 0 Å². The number of hydrogen-bond donors (Lipinski definition) is 1. The molecule has 0 atom stereocenters. The molecule has 1 fully saturated rings. The zero-order valence-corrected chi connectivity index (χ0v) is 17.6. The summed E-state index contributed by atoms with van der Waals surface area (Å²) >= 11 is 1.80. The van der Waals surface area contributed by atoms with E-state index in [0.717, 1.165) is 48.9 Å². The fraction of sp³-hybridized carbons (Fsp3) is 0.348. The number of benzene rings is 1. The molecule has 2 aliphatic heterocycles. The average molecular weight is 408 g/mol. The van der Waals surface area contributed by atoms with Crippen LogP contribution in [0.1, 0.15) is 21.8 Å². The smallest absolute Gasteiger partial charge is 0.189 e. The summed E-state index contributed by atoms with van der Waals surface area (Å²) in [5.74, 6) is 0.882. The summed E-state index contributed by atoms with van der Waals surface area (Å²) in [5.41, 5.74) is 5.64. The Bertz CT molecular complexity index is 1080. The zero-order valence-electron chi connectivity index (χ0n) is 16.8. The summed E-state index contributed by atoms with van der Waals surface area (Å²) in [6, 6.07) is 10.9. The van der Waals surface area contributed by atoms with Crippen molar-refractivity contribution in [2.45, 2.75) is 13.8 Å². The quantitative estimate of drug-likeness (QED) is 0.689. The summed E-state index contributed by atoms with van der Waals surface area (Å²) < 4.78 is 13.0. The highest BCUT2D eigenvalue weighted by atomic mass is 32.1. The van der Waals surface area contributed by atoms with Gasteiger partial charge in [0.15, 0.2) is 6.79 Å². The third-order valence-corrected chi connectivity index (χ3v) is 6.67. The van der Waals surface area contributed by atoms with Crippen LogP contribution in [0.4, 0.5) is 5.69 Å². The molecule has 5 nitrogen and oxygen atoms in total. The van der Waals surface area contributed by atoms with Gasteiger partial charge in [-0.1, -0.05) is 0 Å². The van der Waals surface area contributed by atoms with Gasteiger partial charge in [0.25, 0.3) is 0 Å². The molecule has 2 aromatic heterocycles.